The molecule has 0 aromatic carbocycles. The number of amides is 1. The fraction of sp³-hybridized carbons (Fsp3) is 0.714. The van der Waals surface area contributed by atoms with E-state index < -0.39 is 0 Å². The Hall–Kier alpha value is -1.34. The molecule has 1 aliphatic heterocycles. The standard InChI is InChI=1S/C21H31BrN2O4/c1-14(2)26-21(25)24-12-10-18(11-13-24)27-16-4-6-17(7-5-16)28-19-8-9-20(22)23-15(19)3/h8-9,14,16-18H,4-7,10-13H2,1-3H3. The normalized spacial score (nSPS) is 23.7. The number of halogens is 1. The van der Waals surface area contributed by atoms with Gasteiger partial charge in [0.15, 0.2) is 0 Å². The summed E-state index contributed by atoms with van der Waals surface area (Å²) >= 11 is 3.39. The van der Waals surface area contributed by atoms with Gasteiger partial charge in [-0.25, -0.2) is 9.78 Å². The molecule has 0 N–H and O–H groups in total. The maximum Gasteiger partial charge on any atom is 0.410 e. The lowest BCUT2D eigenvalue weighted by Crippen LogP contribution is -2.43. The van der Waals surface area contributed by atoms with Gasteiger partial charge in [0.05, 0.1) is 30.1 Å². The van der Waals surface area contributed by atoms with Crippen LogP contribution < -0.4 is 4.74 Å². The minimum Gasteiger partial charge on any atom is -0.489 e. The number of piperidine rings is 1. The van der Waals surface area contributed by atoms with Crippen LogP contribution in [0.4, 0.5) is 4.79 Å². The van der Waals surface area contributed by atoms with E-state index in [2.05, 4.69) is 20.9 Å². The number of rotatable bonds is 5. The topological polar surface area (TPSA) is 60.9 Å². The lowest BCUT2D eigenvalue weighted by Gasteiger charge is -2.36. The molecule has 6 nitrogen and oxygen atoms in total. The van der Waals surface area contributed by atoms with Gasteiger partial charge in [0.2, 0.25) is 0 Å². The zero-order valence-corrected chi connectivity index (χ0v) is 18.6. The van der Waals surface area contributed by atoms with Gasteiger partial charge in [-0.15, -0.1) is 0 Å². The summed E-state index contributed by atoms with van der Waals surface area (Å²) in [6.07, 6.45) is 6.28. The highest BCUT2D eigenvalue weighted by Crippen LogP contribution is 2.29. The Morgan fingerprint density at radius 1 is 1.07 bits per heavy atom. The maximum absolute atomic E-state index is 12.0. The van der Waals surface area contributed by atoms with Gasteiger partial charge >= 0.3 is 6.09 Å². The summed E-state index contributed by atoms with van der Waals surface area (Å²) in [5.74, 6) is 0.869. The van der Waals surface area contributed by atoms with Crippen molar-refractivity contribution in [3.63, 3.8) is 0 Å². The van der Waals surface area contributed by atoms with E-state index in [0.29, 0.717) is 19.2 Å². The Bertz CT molecular complexity index is 654. The van der Waals surface area contributed by atoms with Gasteiger partial charge in [-0.3, -0.25) is 0 Å². The van der Waals surface area contributed by atoms with Crippen molar-refractivity contribution in [1.82, 2.24) is 9.88 Å². The fourth-order valence-electron chi connectivity index (χ4n) is 3.83. The SMILES string of the molecule is Cc1nc(Br)ccc1OC1CCC(OC2CCN(C(=O)OC(C)C)CC2)CC1. The van der Waals surface area contributed by atoms with Crippen molar-refractivity contribution < 1.29 is 19.0 Å². The summed E-state index contributed by atoms with van der Waals surface area (Å²) in [4.78, 5) is 18.2. The molecule has 2 fully saturated rings. The number of ether oxygens (including phenoxy) is 3. The molecule has 1 amide bonds. The number of nitrogens with zero attached hydrogens (tertiary/aromatic N) is 2. The van der Waals surface area contributed by atoms with E-state index in [9.17, 15) is 4.79 Å². The first kappa shape index (κ1) is 21.4. The van der Waals surface area contributed by atoms with Crippen LogP contribution in [0.15, 0.2) is 16.7 Å². The van der Waals surface area contributed by atoms with E-state index in [1.54, 1.807) is 4.90 Å². The zero-order valence-electron chi connectivity index (χ0n) is 17.0. The summed E-state index contributed by atoms with van der Waals surface area (Å²) < 4.78 is 18.6. The number of aromatic nitrogens is 1. The van der Waals surface area contributed by atoms with Crippen molar-refractivity contribution in [3.8, 4) is 5.75 Å². The number of carbonyl (C=O) groups is 1. The molecule has 2 heterocycles. The van der Waals surface area contributed by atoms with Crippen LogP contribution in [0.2, 0.25) is 0 Å². The van der Waals surface area contributed by atoms with Gasteiger partial charge in [-0.1, -0.05) is 0 Å². The van der Waals surface area contributed by atoms with E-state index in [0.717, 1.165) is 54.6 Å². The summed E-state index contributed by atoms with van der Waals surface area (Å²) in [5.41, 5.74) is 0.913. The van der Waals surface area contributed by atoms with E-state index in [-0.39, 0.29) is 24.4 Å². The van der Waals surface area contributed by atoms with Crippen LogP contribution in [0.1, 0.15) is 58.1 Å². The zero-order chi connectivity index (χ0) is 20.1. The highest BCUT2D eigenvalue weighted by molar-refractivity contribution is 9.10. The van der Waals surface area contributed by atoms with Crippen LogP contribution in [0.25, 0.3) is 0 Å². The van der Waals surface area contributed by atoms with Crippen molar-refractivity contribution >= 4 is 22.0 Å². The number of pyridine rings is 1. The highest BCUT2D eigenvalue weighted by atomic mass is 79.9. The molecular formula is C21H31BrN2O4. The minimum absolute atomic E-state index is 0.0733. The Labute approximate surface area is 176 Å². The Kier molecular flexibility index (Phi) is 7.57. The second kappa shape index (κ2) is 9.92. The fourth-order valence-corrected chi connectivity index (χ4v) is 4.23. The maximum atomic E-state index is 12.0. The molecule has 156 valence electrons. The third kappa shape index (κ3) is 6.08. The third-order valence-electron chi connectivity index (χ3n) is 5.34. The van der Waals surface area contributed by atoms with E-state index in [1.807, 2.05) is 32.9 Å². The van der Waals surface area contributed by atoms with E-state index >= 15 is 0 Å². The largest absolute Gasteiger partial charge is 0.489 e. The average Bonchev–Trinajstić information content (AvgIpc) is 2.65. The van der Waals surface area contributed by atoms with Gasteiger partial charge in [0.1, 0.15) is 10.4 Å². The lowest BCUT2D eigenvalue weighted by atomic mass is 9.94. The number of hydrogen-bond donors (Lipinski definition) is 0. The number of hydrogen-bond acceptors (Lipinski definition) is 5. The molecule has 0 bridgehead atoms. The van der Waals surface area contributed by atoms with Crippen LogP contribution in [0.3, 0.4) is 0 Å². The molecule has 0 radical (unpaired) electrons. The monoisotopic (exact) mass is 454 g/mol. The molecule has 7 heteroatoms. The van der Waals surface area contributed by atoms with Gasteiger partial charge in [0.25, 0.3) is 0 Å². The first-order valence-corrected chi connectivity index (χ1v) is 11.1. The predicted octanol–water partition coefficient (Wildman–Crippen LogP) is 4.87. The smallest absolute Gasteiger partial charge is 0.410 e. The van der Waals surface area contributed by atoms with Gasteiger partial charge in [-0.2, -0.15) is 0 Å². The van der Waals surface area contributed by atoms with Crippen molar-refractivity contribution in [3.05, 3.63) is 22.4 Å². The molecule has 0 unspecified atom stereocenters. The van der Waals surface area contributed by atoms with Gasteiger partial charge in [-0.05, 0) is 87.4 Å². The average molecular weight is 455 g/mol. The first-order chi connectivity index (χ1) is 13.4. The minimum atomic E-state index is -0.205. The Morgan fingerprint density at radius 3 is 2.29 bits per heavy atom. The number of carbonyl (C=O) groups excluding carboxylic acids is 1. The van der Waals surface area contributed by atoms with Crippen LogP contribution in [0.5, 0.6) is 5.75 Å². The third-order valence-corrected chi connectivity index (χ3v) is 5.78. The van der Waals surface area contributed by atoms with E-state index in [4.69, 9.17) is 14.2 Å². The molecule has 1 saturated carbocycles. The van der Waals surface area contributed by atoms with Crippen molar-refractivity contribution in [2.75, 3.05) is 13.1 Å². The number of likely N-dealkylation sites (tertiary alicyclic amines) is 1. The molecule has 0 atom stereocenters. The van der Waals surface area contributed by atoms with Crippen molar-refractivity contribution in [2.24, 2.45) is 0 Å². The Morgan fingerprint density at radius 2 is 1.68 bits per heavy atom. The van der Waals surface area contributed by atoms with E-state index in [1.165, 1.54) is 0 Å². The molecule has 2 aliphatic rings. The van der Waals surface area contributed by atoms with Crippen molar-refractivity contribution in [1.29, 1.82) is 0 Å². The predicted molar refractivity (Wildman–Crippen MR) is 111 cm³/mol. The summed E-state index contributed by atoms with van der Waals surface area (Å²) in [5, 5.41) is 0. The molecule has 1 aliphatic carbocycles. The summed E-state index contributed by atoms with van der Waals surface area (Å²) in [6.45, 7) is 7.15. The number of aryl methyl sites for hydroxylation is 1. The van der Waals surface area contributed by atoms with Crippen LogP contribution >= 0.6 is 15.9 Å². The molecule has 0 spiro atoms. The summed E-state index contributed by atoms with van der Waals surface area (Å²) in [7, 11) is 0. The molecule has 3 rings (SSSR count). The second-order valence-corrected chi connectivity index (χ2v) is 8.80. The molecular weight excluding hydrogens is 424 g/mol. The van der Waals surface area contributed by atoms with Crippen LogP contribution in [0, 0.1) is 6.92 Å². The van der Waals surface area contributed by atoms with Gasteiger partial charge < -0.3 is 19.1 Å². The van der Waals surface area contributed by atoms with Crippen molar-refractivity contribution in [2.45, 2.75) is 83.7 Å². The quantitative estimate of drug-likeness (QED) is 0.593. The highest BCUT2D eigenvalue weighted by Gasteiger charge is 2.29. The lowest BCUT2D eigenvalue weighted by molar-refractivity contribution is -0.0657. The summed E-state index contributed by atoms with van der Waals surface area (Å²) in [6, 6.07) is 3.90. The first-order valence-electron chi connectivity index (χ1n) is 10.3. The molecule has 1 aromatic rings. The second-order valence-electron chi connectivity index (χ2n) is 7.99. The molecule has 1 aromatic heterocycles. The Balaban J connectivity index is 1.37. The van der Waals surface area contributed by atoms with Gasteiger partial charge in [0, 0.05) is 13.1 Å². The molecule has 28 heavy (non-hydrogen) atoms. The van der Waals surface area contributed by atoms with Crippen LogP contribution in [-0.4, -0.2) is 53.5 Å². The molecule has 1 saturated heterocycles. The van der Waals surface area contributed by atoms with Crippen LogP contribution in [-0.2, 0) is 9.47 Å².